The Morgan fingerprint density at radius 3 is 2.38 bits per heavy atom. The first-order valence-corrected chi connectivity index (χ1v) is 9.07. The number of aliphatic hydroxyl groups is 1. The number of carbonyl (C=O) groups is 1. The van der Waals surface area contributed by atoms with Gasteiger partial charge in [-0.1, -0.05) is 33.4 Å². The summed E-state index contributed by atoms with van der Waals surface area (Å²) in [6.45, 7) is 9.50. The van der Waals surface area contributed by atoms with Gasteiger partial charge in [-0.15, -0.1) is 0 Å². The molecule has 24 heavy (non-hydrogen) atoms. The van der Waals surface area contributed by atoms with E-state index in [2.05, 4.69) is 10.5 Å². The van der Waals surface area contributed by atoms with Crippen LogP contribution in [0.3, 0.4) is 0 Å². The minimum Gasteiger partial charge on any atom is -0.395 e. The second-order valence-electron chi connectivity index (χ2n) is 6.85. The molecule has 0 saturated carbocycles. The smallest absolute Gasteiger partial charge is 0.247 e. The quantitative estimate of drug-likeness (QED) is 0.771. The number of carbonyl (C=O) groups excluding carboxylic acids is 1. The highest BCUT2D eigenvalue weighted by molar-refractivity contribution is 7.94. The molecule has 1 heterocycles. The van der Waals surface area contributed by atoms with E-state index < -0.39 is 31.2 Å². The molecule has 0 aromatic carbocycles. The molecule has 0 bridgehead atoms. The number of nitrogens with zero attached hydrogens (tertiary/aromatic N) is 1. The van der Waals surface area contributed by atoms with E-state index in [1.165, 1.54) is 19.9 Å². The van der Waals surface area contributed by atoms with Crippen LogP contribution in [0.4, 0.5) is 5.88 Å². The minimum absolute atomic E-state index is 0. The van der Waals surface area contributed by atoms with Crippen molar-refractivity contribution >= 4 is 21.6 Å². The van der Waals surface area contributed by atoms with Crippen LogP contribution in [-0.2, 0) is 20.0 Å². The number of aliphatic hydroxyl groups excluding tert-OH is 1. The Hall–Kier alpha value is -1.41. The number of hydrogen-bond acceptors (Lipinski definition) is 6. The number of aromatic nitrogens is 1. The van der Waals surface area contributed by atoms with E-state index >= 15 is 0 Å². The van der Waals surface area contributed by atoms with Gasteiger partial charge in [-0.05, 0) is 27.2 Å². The first kappa shape index (κ1) is 22.6. The lowest BCUT2D eigenvalue weighted by molar-refractivity contribution is -0.118. The van der Waals surface area contributed by atoms with E-state index in [1.54, 1.807) is 27.7 Å². The predicted octanol–water partition coefficient (Wildman–Crippen LogP) is 2.51. The summed E-state index contributed by atoms with van der Waals surface area (Å²) in [5, 5.41) is 15.0. The molecular formula is C16H30N2O5S. The zero-order valence-electron chi connectivity index (χ0n) is 14.5. The number of sulfone groups is 1. The third-order valence-corrected chi connectivity index (χ3v) is 7.20. The van der Waals surface area contributed by atoms with E-state index in [-0.39, 0.29) is 19.9 Å². The Balaban J connectivity index is 0.00000529. The van der Waals surface area contributed by atoms with Gasteiger partial charge < -0.3 is 9.63 Å². The summed E-state index contributed by atoms with van der Waals surface area (Å²) >= 11 is 0. The first-order chi connectivity index (χ1) is 10.4. The van der Waals surface area contributed by atoms with Crippen molar-refractivity contribution in [3.8, 4) is 0 Å². The number of nitrogens with one attached hydrogen (secondary N) is 1. The van der Waals surface area contributed by atoms with E-state index in [9.17, 15) is 18.3 Å². The summed E-state index contributed by atoms with van der Waals surface area (Å²) in [5.41, 5.74) is -0.150. The third-order valence-electron chi connectivity index (χ3n) is 4.20. The Labute approximate surface area is 144 Å². The van der Waals surface area contributed by atoms with E-state index in [0.717, 1.165) is 0 Å². The molecule has 8 heteroatoms. The van der Waals surface area contributed by atoms with E-state index in [0.29, 0.717) is 12.1 Å². The number of rotatable bonds is 7. The molecule has 1 aromatic rings. The molecular weight excluding hydrogens is 332 g/mol. The maximum atomic E-state index is 12.5. The predicted molar refractivity (Wildman–Crippen MR) is 94.7 cm³/mol. The Morgan fingerprint density at radius 2 is 1.92 bits per heavy atom. The van der Waals surface area contributed by atoms with Gasteiger partial charge in [0.05, 0.1) is 17.6 Å². The fourth-order valence-electron chi connectivity index (χ4n) is 1.85. The molecule has 1 atom stereocenters. The molecule has 0 aliphatic rings. The summed E-state index contributed by atoms with van der Waals surface area (Å²) in [7, 11) is -3.65. The van der Waals surface area contributed by atoms with E-state index in [4.69, 9.17) is 4.52 Å². The summed E-state index contributed by atoms with van der Waals surface area (Å²) in [4.78, 5) is 12.4. The second-order valence-corrected chi connectivity index (χ2v) is 9.76. The van der Waals surface area contributed by atoms with Gasteiger partial charge in [0.2, 0.25) is 11.8 Å². The topological polar surface area (TPSA) is 110 Å². The molecule has 0 aliphatic heterocycles. The van der Waals surface area contributed by atoms with Crippen LogP contribution in [0.5, 0.6) is 0 Å². The average molecular weight is 362 g/mol. The molecule has 0 aliphatic carbocycles. The van der Waals surface area contributed by atoms with Crippen LogP contribution in [0, 0.1) is 0 Å². The van der Waals surface area contributed by atoms with Crippen molar-refractivity contribution in [1.82, 2.24) is 5.16 Å². The largest absolute Gasteiger partial charge is 0.395 e. The highest BCUT2D eigenvalue weighted by atomic mass is 32.2. The van der Waals surface area contributed by atoms with E-state index in [1.807, 2.05) is 0 Å². The van der Waals surface area contributed by atoms with Gasteiger partial charge in [-0.2, -0.15) is 0 Å². The molecule has 2 N–H and O–H groups in total. The molecule has 0 fully saturated rings. The van der Waals surface area contributed by atoms with Crippen molar-refractivity contribution in [2.75, 3.05) is 11.9 Å². The SMILES string of the molecule is C.CC[C@H](C)S(=O)(=O)C(C)(C)C(=O)Nc1cc(C(C)(C)CO)no1. The molecule has 0 spiro atoms. The molecule has 1 rings (SSSR count). The monoisotopic (exact) mass is 362 g/mol. The highest BCUT2D eigenvalue weighted by Crippen LogP contribution is 2.27. The summed E-state index contributed by atoms with van der Waals surface area (Å²) in [6.07, 6.45) is 0.427. The lowest BCUT2D eigenvalue weighted by atomic mass is 9.91. The zero-order chi connectivity index (χ0) is 18.1. The van der Waals surface area contributed by atoms with Gasteiger partial charge in [-0.3, -0.25) is 10.1 Å². The zero-order valence-corrected chi connectivity index (χ0v) is 15.3. The lowest BCUT2D eigenvalue weighted by Crippen LogP contribution is -2.48. The van der Waals surface area contributed by atoms with Crippen LogP contribution in [0.2, 0.25) is 0 Å². The van der Waals surface area contributed by atoms with Crippen LogP contribution in [0.15, 0.2) is 10.6 Å². The summed E-state index contributed by atoms with van der Waals surface area (Å²) in [5.74, 6) is -0.624. The van der Waals surface area contributed by atoms with Crippen molar-refractivity contribution in [3.63, 3.8) is 0 Å². The van der Waals surface area contributed by atoms with Gasteiger partial charge in [0.1, 0.15) is 4.75 Å². The maximum Gasteiger partial charge on any atom is 0.247 e. The third kappa shape index (κ3) is 4.16. The van der Waals surface area contributed by atoms with Gasteiger partial charge in [0.15, 0.2) is 9.84 Å². The van der Waals surface area contributed by atoms with Gasteiger partial charge in [0, 0.05) is 11.5 Å². The number of amides is 1. The first-order valence-electron chi connectivity index (χ1n) is 7.53. The molecule has 0 radical (unpaired) electrons. The minimum atomic E-state index is -3.65. The molecule has 7 nitrogen and oxygen atoms in total. The number of anilines is 1. The fourth-order valence-corrected chi connectivity index (χ4v) is 3.60. The Kier molecular flexibility index (Phi) is 7.20. The molecule has 1 amide bonds. The van der Waals surface area contributed by atoms with Crippen LogP contribution in [-0.4, -0.2) is 41.2 Å². The molecule has 1 aromatic heterocycles. The van der Waals surface area contributed by atoms with Crippen LogP contribution >= 0.6 is 0 Å². The van der Waals surface area contributed by atoms with Crippen molar-refractivity contribution in [2.24, 2.45) is 0 Å². The second kappa shape index (κ2) is 7.65. The van der Waals surface area contributed by atoms with Crippen molar-refractivity contribution in [2.45, 2.75) is 70.8 Å². The maximum absolute atomic E-state index is 12.5. The Bertz CT molecular complexity index is 662. The van der Waals surface area contributed by atoms with Gasteiger partial charge in [-0.25, -0.2) is 8.42 Å². The number of hydrogen-bond donors (Lipinski definition) is 2. The fraction of sp³-hybridized carbons (Fsp3) is 0.750. The van der Waals surface area contributed by atoms with Crippen molar-refractivity contribution < 1.29 is 22.8 Å². The van der Waals surface area contributed by atoms with Crippen LogP contribution < -0.4 is 5.32 Å². The standard InChI is InChI=1S/C15H26N2O5S.CH4/c1-7-10(2)23(20,21)15(5,6)13(19)16-12-8-11(17-22-12)14(3,4)9-18;/h8,10,18H,7,9H2,1-6H3,(H,16,19);1H4/t10-;/m0./s1. The normalized spacial score (nSPS) is 14.0. The summed E-state index contributed by atoms with van der Waals surface area (Å²) < 4.78 is 28.4. The van der Waals surface area contributed by atoms with Gasteiger partial charge in [0.25, 0.3) is 0 Å². The molecule has 0 saturated heterocycles. The molecule has 0 unspecified atom stereocenters. The average Bonchev–Trinajstić information content (AvgIpc) is 2.95. The van der Waals surface area contributed by atoms with Crippen molar-refractivity contribution in [3.05, 3.63) is 11.8 Å². The van der Waals surface area contributed by atoms with Crippen molar-refractivity contribution in [1.29, 1.82) is 0 Å². The summed E-state index contributed by atoms with van der Waals surface area (Å²) in [6, 6.07) is 1.49. The highest BCUT2D eigenvalue weighted by Gasteiger charge is 2.44. The van der Waals surface area contributed by atoms with Crippen LogP contribution in [0.1, 0.15) is 61.1 Å². The lowest BCUT2D eigenvalue weighted by Gasteiger charge is -2.26. The molecule has 140 valence electrons. The Morgan fingerprint density at radius 1 is 1.38 bits per heavy atom. The van der Waals surface area contributed by atoms with Crippen LogP contribution in [0.25, 0.3) is 0 Å². The van der Waals surface area contributed by atoms with Gasteiger partial charge >= 0.3 is 0 Å².